The maximum Gasteiger partial charge on any atom is 0.127 e. The largest absolute Gasteiger partial charge is 0.383 e. The van der Waals surface area contributed by atoms with Gasteiger partial charge in [-0.05, 0) is 17.0 Å². The quantitative estimate of drug-likeness (QED) is 0.694. The molecule has 0 aliphatic heterocycles. The van der Waals surface area contributed by atoms with E-state index in [0.717, 1.165) is 22.0 Å². The van der Waals surface area contributed by atoms with Gasteiger partial charge in [-0.25, -0.2) is 4.98 Å². The lowest BCUT2D eigenvalue weighted by Gasteiger charge is -2.21. The van der Waals surface area contributed by atoms with Crippen molar-refractivity contribution in [3.05, 3.63) is 60.2 Å². The predicted molar refractivity (Wildman–Crippen MR) is 90.3 cm³/mol. The number of anilines is 1. The molecule has 2 nitrogen and oxygen atoms in total. The predicted octanol–water partition coefficient (Wildman–Crippen LogP) is 4.78. The van der Waals surface area contributed by atoms with E-state index in [1.54, 1.807) is 0 Å². The van der Waals surface area contributed by atoms with Crippen molar-refractivity contribution in [3.8, 4) is 11.1 Å². The molecule has 0 fully saturated rings. The number of benzene rings is 2. The molecule has 1 heterocycles. The Kier molecular flexibility index (Phi) is 3.17. The van der Waals surface area contributed by atoms with Crippen LogP contribution in [-0.4, -0.2) is 4.98 Å². The SMILES string of the molecule is CC(C)(C)c1cc2cccc(-c3ccccc3)c2nc1N. The highest BCUT2D eigenvalue weighted by molar-refractivity contribution is 5.95. The highest BCUT2D eigenvalue weighted by Crippen LogP contribution is 2.33. The summed E-state index contributed by atoms with van der Waals surface area (Å²) < 4.78 is 0. The fraction of sp³-hybridized carbons (Fsp3) is 0.211. The van der Waals surface area contributed by atoms with Crippen LogP contribution in [0.25, 0.3) is 22.0 Å². The molecule has 0 atom stereocenters. The molecule has 3 aromatic rings. The monoisotopic (exact) mass is 276 g/mol. The van der Waals surface area contributed by atoms with Crippen LogP contribution in [0, 0.1) is 0 Å². The molecular weight excluding hydrogens is 256 g/mol. The zero-order valence-corrected chi connectivity index (χ0v) is 12.7. The molecule has 0 aliphatic carbocycles. The van der Waals surface area contributed by atoms with Gasteiger partial charge in [0.25, 0.3) is 0 Å². The van der Waals surface area contributed by atoms with Gasteiger partial charge in [0.1, 0.15) is 5.82 Å². The van der Waals surface area contributed by atoms with Crippen LogP contribution in [0.15, 0.2) is 54.6 Å². The fourth-order valence-corrected chi connectivity index (χ4v) is 2.66. The van der Waals surface area contributed by atoms with E-state index < -0.39 is 0 Å². The van der Waals surface area contributed by atoms with Gasteiger partial charge in [-0.1, -0.05) is 69.3 Å². The van der Waals surface area contributed by atoms with E-state index in [1.807, 2.05) is 18.2 Å². The Morgan fingerprint density at radius 1 is 0.905 bits per heavy atom. The van der Waals surface area contributed by atoms with Crippen LogP contribution in [0.4, 0.5) is 5.82 Å². The van der Waals surface area contributed by atoms with Gasteiger partial charge in [0, 0.05) is 16.5 Å². The first-order valence-electron chi connectivity index (χ1n) is 7.22. The van der Waals surface area contributed by atoms with Crippen LogP contribution < -0.4 is 5.73 Å². The Hall–Kier alpha value is -2.35. The lowest BCUT2D eigenvalue weighted by molar-refractivity contribution is 0.591. The Morgan fingerprint density at radius 3 is 2.29 bits per heavy atom. The van der Waals surface area contributed by atoms with Gasteiger partial charge < -0.3 is 5.73 Å². The summed E-state index contributed by atoms with van der Waals surface area (Å²) in [6.07, 6.45) is 0. The molecule has 2 heteroatoms. The zero-order chi connectivity index (χ0) is 15.0. The van der Waals surface area contributed by atoms with Crippen molar-refractivity contribution >= 4 is 16.7 Å². The first-order chi connectivity index (χ1) is 9.97. The van der Waals surface area contributed by atoms with Crippen LogP contribution in [0.5, 0.6) is 0 Å². The van der Waals surface area contributed by atoms with Crippen LogP contribution in [0.1, 0.15) is 26.3 Å². The normalized spacial score (nSPS) is 11.8. The molecule has 2 aromatic carbocycles. The number of pyridine rings is 1. The molecule has 0 amide bonds. The van der Waals surface area contributed by atoms with Crippen LogP contribution >= 0.6 is 0 Å². The van der Waals surface area contributed by atoms with Crippen molar-refractivity contribution in [2.45, 2.75) is 26.2 Å². The molecule has 1 aromatic heterocycles. The summed E-state index contributed by atoms with van der Waals surface area (Å²) in [5.74, 6) is 0.624. The number of hydrogen-bond acceptors (Lipinski definition) is 2. The zero-order valence-electron chi connectivity index (χ0n) is 12.7. The number of rotatable bonds is 1. The number of hydrogen-bond donors (Lipinski definition) is 1. The minimum absolute atomic E-state index is 0.00593. The molecule has 0 aliphatic rings. The minimum Gasteiger partial charge on any atom is -0.383 e. The topological polar surface area (TPSA) is 38.9 Å². The smallest absolute Gasteiger partial charge is 0.127 e. The first-order valence-corrected chi connectivity index (χ1v) is 7.22. The molecule has 0 spiro atoms. The van der Waals surface area contributed by atoms with Crippen molar-refractivity contribution in [1.29, 1.82) is 0 Å². The van der Waals surface area contributed by atoms with Gasteiger partial charge in [0.15, 0.2) is 0 Å². The van der Waals surface area contributed by atoms with Crippen LogP contribution in [-0.2, 0) is 5.41 Å². The molecule has 0 bridgehead atoms. The third-order valence-corrected chi connectivity index (χ3v) is 3.77. The summed E-state index contributed by atoms with van der Waals surface area (Å²) in [7, 11) is 0. The number of nitrogens with two attached hydrogens (primary N) is 1. The van der Waals surface area contributed by atoms with Crippen LogP contribution in [0.3, 0.4) is 0 Å². The second kappa shape index (κ2) is 4.88. The minimum atomic E-state index is -0.00593. The lowest BCUT2D eigenvalue weighted by atomic mass is 9.86. The number of fused-ring (bicyclic) bond motifs is 1. The molecule has 106 valence electrons. The van der Waals surface area contributed by atoms with Crippen molar-refractivity contribution < 1.29 is 0 Å². The van der Waals surface area contributed by atoms with Gasteiger partial charge in [-0.2, -0.15) is 0 Å². The Labute approximate surface area is 125 Å². The number of nitrogens with zero attached hydrogens (tertiary/aromatic N) is 1. The van der Waals surface area contributed by atoms with E-state index in [4.69, 9.17) is 10.7 Å². The maximum atomic E-state index is 6.21. The van der Waals surface area contributed by atoms with Gasteiger partial charge in [0.05, 0.1) is 5.52 Å². The van der Waals surface area contributed by atoms with Crippen molar-refractivity contribution in [2.24, 2.45) is 0 Å². The summed E-state index contributed by atoms with van der Waals surface area (Å²) in [4.78, 5) is 4.70. The van der Waals surface area contributed by atoms with Gasteiger partial charge >= 0.3 is 0 Å². The fourth-order valence-electron chi connectivity index (χ4n) is 2.66. The summed E-state index contributed by atoms with van der Waals surface area (Å²) in [5.41, 5.74) is 10.6. The van der Waals surface area contributed by atoms with E-state index in [0.29, 0.717) is 5.82 Å². The third kappa shape index (κ3) is 2.49. The van der Waals surface area contributed by atoms with Crippen molar-refractivity contribution in [1.82, 2.24) is 4.98 Å². The van der Waals surface area contributed by atoms with Gasteiger partial charge in [0.2, 0.25) is 0 Å². The average Bonchev–Trinajstić information content (AvgIpc) is 2.46. The molecule has 0 saturated heterocycles. The summed E-state index contributed by atoms with van der Waals surface area (Å²) in [6.45, 7) is 6.48. The average molecular weight is 276 g/mol. The first kappa shape index (κ1) is 13.6. The van der Waals surface area contributed by atoms with E-state index in [2.05, 4.69) is 57.2 Å². The Bertz CT molecular complexity index is 784. The lowest BCUT2D eigenvalue weighted by Crippen LogP contribution is -2.15. The third-order valence-electron chi connectivity index (χ3n) is 3.77. The maximum absolute atomic E-state index is 6.21. The molecule has 0 radical (unpaired) electrons. The van der Waals surface area contributed by atoms with Gasteiger partial charge in [-0.15, -0.1) is 0 Å². The van der Waals surface area contributed by atoms with Crippen molar-refractivity contribution in [2.75, 3.05) is 5.73 Å². The molecule has 3 rings (SSSR count). The molecule has 21 heavy (non-hydrogen) atoms. The molecule has 0 unspecified atom stereocenters. The van der Waals surface area contributed by atoms with E-state index in [-0.39, 0.29) is 5.41 Å². The second-order valence-corrected chi connectivity index (χ2v) is 6.41. The van der Waals surface area contributed by atoms with E-state index in [9.17, 15) is 0 Å². The number of aromatic nitrogens is 1. The standard InChI is InChI=1S/C19H20N2/c1-19(2,3)16-12-14-10-7-11-15(17(14)21-18(16)20)13-8-5-4-6-9-13/h4-12H,1-3H3,(H2,20,21). The highest BCUT2D eigenvalue weighted by Gasteiger charge is 2.19. The van der Waals surface area contributed by atoms with E-state index >= 15 is 0 Å². The molecule has 2 N–H and O–H groups in total. The summed E-state index contributed by atoms with van der Waals surface area (Å²) >= 11 is 0. The number of nitrogen functional groups attached to an aromatic ring is 1. The summed E-state index contributed by atoms with van der Waals surface area (Å²) in [5, 5.41) is 1.13. The highest BCUT2D eigenvalue weighted by atomic mass is 14.8. The Morgan fingerprint density at radius 2 is 1.62 bits per heavy atom. The second-order valence-electron chi connectivity index (χ2n) is 6.41. The number of para-hydroxylation sites is 1. The summed E-state index contributed by atoms with van der Waals surface area (Å²) in [6, 6.07) is 18.8. The molecular formula is C19H20N2. The Balaban J connectivity index is 2.29. The van der Waals surface area contributed by atoms with E-state index in [1.165, 1.54) is 5.56 Å². The molecule has 0 saturated carbocycles. The van der Waals surface area contributed by atoms with Gasteiger partial charge in [-0.3, -0.25) is 0 Å². The van der Waals surface area contributed by atoms with Crippen LogP contribution in [0.2, 0.25) is 0 Å². The van der Waals surface area contributed by atoms with Crippen molar-refractivity contribution in [3.63, 3.8) is 0 Å².